The first-order chi connectivity index (χ1) is 8.39. The van der Waals surface area contributed by atoms with E-state index in [-0.39, 0.29) is 30.0 Å². The van der Waals surface area contributed by atoms with Crippen LogP contribution >= 0.6 is 0 Å². The molecule has 0 spiro atoms. The van der Waals surface area contributed by atoms with Crippen molar-refractivity contribution in [2.45, 2.75) is 19.4 Å². The molecule has 0 bridgehead atoms. The lowest BCUT2D eigenvalue weighted by Crippen LogP contribution is -2.56. The molecule has 1 aliphatic rings. The van der Waals surface area contributed by atoms with E-state index in [1.165, 1.54) is 17.6 Å². The van der Waals surface area contributed by atoms with Crippen LogP contribution in [0.15, 0.2) is 23.1 Å². The van der Waals surface area contributed by atoms with Crippen molar-refractivity contribution in [2.75, 3.05) is 19.6 Å². The quantitative estimate of drug-likeness (QED) is 0.755. The number of alkyl halides is 2. The fraction of sp³-hybridized carbons (Fsp3) is 0.500. The molecule has 0 aromatic carbocycles. The average Bonchev–Trinajstić information content (AvgIpc) is 2.24. The van der Waals surface area contributed by atoms with E-state index in [0.29, 0.717) is 13.1 Å². The second-order valence-electron chi connectivity index (χ2n) is 4.54. The van der Waals surface area contributed by atoms with Crippen LogP contribution in [0.2, 0.25) is 0 Å². The van der Waals surface area contributed by atoms with Crippen molar-refractivity contribution in [2.24, 2.45) is 0 Å². The topological polar surface area (TPSA) is 42.3 Å². The second-order valence-corrected chi connectivity index (χ2v) is 4.54. The number of Topliss-reactive ketones (excluding diaryl/α,β-unsaturated/α-hetero) is 1. The van der Waals surface area contributed by atoms with Crippen LogP contribution in [0.1, 0.15) is 17.3 Å². The van der Waals surface area contributed by atoms with Crippen LogP contribution in [0.4, 0.5) is 8.78 Å². The minimum Gasteiger partial charge on any atom is -0.314 e. The summed E-state index contributed by atoms with van der Waals surface area (Å²) >= 11 is 0. The Bertz CT molecular complexity index is 517. The van der Waals surface area contributed by atoms with Crippen molar-refractivity contribution in [1.82, 2.24) is 9.47 Å². The summed E-state index contributed by atoms with van der Waals surface area (Å²) in [5.41, 5.74) is -0.233. The third-order valence-electron chi connectivity index (χ3n) is 2.97. The molecule has 4 nitrogen and oxygen atoms in total. The third-order valence-corrected chi connectivity index (χ3v) is 2.97. The van der Waals surface area contributed by atoms with Crippen LogP contribution in [0, 0.1) is 0 Å². The zero-order chi connectivity index (χ0) is 13.3. The van der Waals surface area contributed by atoms with Gasteiger partial charge in [0, 0.05) is 19.3 Å². The minimum atomic E-state index is -2.59. The first-order valence-corrected chi connectivity index (χ1v) is 5.70. The van der Waals surface area contributed by atoms with Gasteiger partial charge in [-0.25, -0.2) is 8.78 Å². The van der Waals surface area contributed by atoms with Crippen LogP contribution in [-0.4, -0.2) is 40.8 Å². The molecule has 0 saturated carbocycles. The summed E-state index contributed by atoms with van der Waals surface area (Å²) < 4.78 is 26.6. The number of carbonyl (C=O) groups excluding carboxylic acids is 1. The van der Waals surface area contributed by atoms with Gasteiger partial charge in [0.05, 0.1) is 18.7 Å². The fourth-order valence-corrected chi connectivity index (χ4v) is 2.00. The molecule has 0 aliphatic carbocycles. The molecule has 0 atom stereocenters. The van der Waals surface area contributed by atoms with Crippen LogP contribution in [-0.2, 0) is 6.54 Å². The number of aromatic nitrogens is 1. The molecule has 2 rings (SSSR count). The molecular formula is C12H14F2N2O2. The van der Waals surface area contributed by atoms with Crippen molar-refractivity contribution >= 4 is 5.78 Å². The Balaban J connectivity index is 2.00. The summed E-state index contributed by atoms with van der Waals surface area (Å²) in [4.78, 5) is 24.6. The Morgan fingerprint density at radius 1 is 1.39 bits per heavy atom. The van der Waals surface area contributed by atoms with Crippen molar-refractivity contribution in [1.29, 1.82) is 0 Å². The molecule has 0 radical (unpaired) electrons. The van der Waals surface area contributed by atoms with Gasteiger partial charge in [-0.15, -0.1) is 0 Å². The Labute approximate surface area is 103 Å². The van der Waals surface area contributed by atoms with Gasteiger partial charge in [0.15, 0.2) is 5.78 Å². The van der Waals surface area contributed by atoms with Crippen molar-refractivity contribution in [3.8, 4) is 0 Å². The highest BCUT2D eigenvalue weighted by Gasteiger charge is 2.43. The van der Waals surface area contributed by atoms with Crippen molar-refractivity contribution < 1.29 is 13.6 Å². The SMILES string of the molecule is CC(=O)c1cccn(CCN2CC(F)(F)C2)c1=O. The van der Waals surface area contributed by atoms with Gasteiger partial charge in [-0.2, -0.15) is 0 Å². The number of nitrogens with zero attached hydrogens (tertiary/aromatic N) is 2. The molecule has 0 amide bonds. The molecule has 0 unspecified atom stereocenters. The summed E-state index contributed by atoms with van der Waals surface area (Å²) in [6.45, 7) is 1.52. The van der Waals surface area contributed by atoms with Gasteiger partial charge < -0.3 is 4.57 Å². The van der Waals surface area contributed by atoms with E-state index in [1.54, 1.807) is 17.2 Å². The molecule has 6 heteroatoms. The molecule has 98 valence electrons. The number of pyridine rings is 1. The molecule has 1 aromatic heterocycles. The highest BCUT2D eigenvalue weighted by molar-refractivity contribution is 5.93. The maximum absolute atomic E-state index is 12.6. The Morgan fingerprint density at radius 3 is 2.61 bits per heavy atom. The van der Waals surface area contributed by atoms with Gasteiger partial charge >= 0.3 is 0 Å². The molecule has 1 aromatic rings. The molecule has 1 aliphatic heterocycles. The normalized spacial score (nSPS) is 18.4. The van der Waals surface area contributed by atoms with Gasteiger partial charge in [-0.05, 0) is 19.1 Å². The van der Waals surface area contributed by atoms with Crippen LogP contribution in [0.25, 0.3) is 0 Å². The summed E-state index contributed by atoms with van der Waals surface area (Å²) in [6.07, 6.45) is 1.56. The monoisotopic (exact) mass is 256 g/mol. The van der Waals surface area contributed by atoms with Gasteiger partial charge in [-0.1, -0.05) is 0 Å². The lowest BCUT2D eigenvalue weighted by Gasteiger charge is -2.38. The van der Waals surface area contributed by atoms with Crippen LogP contribution in [0.5, 0.6) is 0 Å². The molecule has 0 N–H and O–H groups in total. The predicted octanol–water partition coefficient (Wildman–Crippen LogP) is 1.00. The molecule has 18 heavy (non-hydrogen) atoms. The largest absolute Gasteiger partial charge is 0.314 e. The number of hydrogen-bond donors (Lipinski definition) is 0. The molecular weight excluding hydrogens is 242 g/mol. The third kappa shape index (κ3) is 2.64. The zero-order valence-electron chi connectivity index (χ0n) is 10.0. The summed E-state index contributed by atoms with van der Waals surface area (Å²) in [5.74, 6) is -2.88. The minimum absolute atomic E-state index is 0.131. The highest BCUT2D eigenvalue weighted by atomic mass is 19.3. The Kier molecular flexibility index (Phi) is 3.30. The lowest BCUT2D eigenvalue weighted by molar-refractivity contribution is -0.131. The first kappa shape index (κ1) is 12.9. The van der Waals surface area contributed by atoms with E-state index in [2.05, 4.69) is 0 Å². The smallest absolute Gasteiger partial charge is 0.272 e. The van der Waals surface area contributed by atoms with E-state index in [0.717, 1.165) is 0 Å². The standard InChI is InChI=1S/C12H14F2N2O2/c1-9(17)10-3-2-4-16(11(10)18)6-5-15-7-12(13,14)8-15/h2-4H,5-8H2,1H3. The fourth-order valence-electron chi connectivity index (χ4n) is 2.00. The maximum Gasteiger partial charge on any atom is 0.272 e. The number of ketones is 1. The number of rotatable bonds is 4. The highest BCUT2D eigenvalue weighted by Crippen LogP contribution is 2.25. The van der Waals surface area contributed by atoms with E-state index >= 15 is 0 Å². The molecule has 1 saturated heterocycles. The van der Waals surface area contributed by atoms with Gasteiger partial charge in [-0.3, -0.25) is 14.5 Å². The number of likely N-dealkylation sites (tertiary alicyclic amines) is 1. The van der Waals surface area contributed by atoms with Gasteiger partial charge in [0.2, 0.25) is 0 Å². The average molecular weight is 256 g/mol. The summed E-state index contributed by atoms with van der Waals surface area (Å²) in [7, 11) is 0. The first-order valence-electron chi connectivity index (χ1n) is 5.70. The van der Waals surface area contributed by atoms with Crippen molar-refractivity contribution in [3.63, 3.8) is 0 Å². The molecule has 1 fully saturated rings. The number of halogens is 2. The van der Waals surface area contributed by atoms with E-state index in [1.807, 2.05) is 0 Å². The van der Waals surface area contributed by atoms with Gasteiger partial charge in [0.1, 0.15) is 0 Å². The number of carbonyl (C=O) groups is 1. The second kappa shape index (κ2) is 4.61. The Hall–Kier alpha value is -1.56. The summed E-state index contributed by atoms with van der Waals surface area (Å²) in [5, 5.41) is 0. The van der Waals surface area contributed by atoms with Crippen LogP contribution in [0.3, 0.4) is 0 Å². The van der Waals surface area contributed by atoms with Gasteiger partial charge in [0.25, 0.3) is 11.5 Å². The molecule has 2 heterocycles. The van der Waals surface area contributed by atoms with E-state index in [9.17, 15) is 18.4 Å². The number of hydrogen-bond acceptors (Lipinski definition) is 3. The van der Waals surface area contributed by atoms with E-state index < -0.39 is 5.92 Å². The van der Waals surface area contributed by atoms with Crippen LogP contribution < -0.4 is 5.56 Å². The zero-order valence-corrected chi connectivity index (χ0v) is 10.0. The van der Waals surface area contributed by atoms with Crippen molar-refractivity contribution in [3.05, 3.63) is 34.2 Å². The Morgan fingerprint density at radius 2 is 2.06 bits per heavy atom. The predicted molar refractivity (Wildman–Crippen MR) is 62.1 cm³/mol. The van der Waals surface area contributed by atoms with E-state index in [4.69, 9.17) is 0 Å². The summed E-state index contributed by atoms with van der Waals surface area (Å²) in [6, 6.07) is 3.09. The maximum atomic E-state index is 12.6. The lowest BCUT2D eigenvalue weighted by atomic mass is 10.1.